The summed E-state index contributed by atoms with van der Waals surface area (Å²) >= 11 is 5.93. The Hall–Kier alpha value is -1.64. The molecule has 1 aromatic carbocycles. The lowest BCUT2D eigenvalue weighted by Crippen LogP contribution is -2.51. The van der Waals surface area contributed by atoms with Gasteiger partial charge in [-0.15, -0.1) is 0 Å². The van der Waals surface area contributed by atoms with Crippen molar-refractivity contribution in [2.75, 3.05) is 13.1 Å². The summed E-state index contributed by atoms with van der Waals surface area (Å²) in [4.78, 5) is 26.7. The molecule has 2 fully saturated rings. The molecule has 0 radical (unpaired) electrons. The molecule has 2 aliphatic rings. The van der Waals surface area contributed by atoms with E-state index in [1.54, 1.807) is 17.9 Å². The van der Waals surface area contributed by atoms with E-state index in [9.17, 15) is 23.1 Å². The first-order chi connectivity index (χ1) is 13.5. The summed E-state index contributed by atoms with van der Waals surface area (Å²) in [5.74, 6) is -3.33. The number of amides is 1. The highest BCUT2D eigenvalue weighted by Gasteiger charge is 2.49. The highest BCUT2D eigenvalue weighted by Crippen LogP contribution is 2.40. The largest absolute Gasteiger partial charge is 0.481 e. The number of nitrogens with zero attached hydrogens (tertiary/aromatic N) is 1. The van der Waals surface area contributed by atoms with Crippen molar-refractivity contribution in [2.45, 2.75) is 56.0 Å². The third-order valence-corrected chi connectivity index (χ3v) is 8.34. The first kappa shape index (κ1) is 22.1. The Morgan fingerprint density at radius 2 is 1.72 bits per heavy atom. The lowest BCUT2D eigenvalue weighted by molar-refractivity contribution is -0.154. The van der Waals surface area contributed by atoms with Crippen molar-refractivity contribution < 1.29 is 27.9 Å². The van der Waals surface area contributed by atoms with Crippen LogP contribution in [0.1, 0.15) is 32.3 Å². The van der Waals surface area contributed by atoms with E-state index in [1.807, 2.05) is 13.8 Å². The molecule has 29 heavy (non-hydrogen) atoms. The van der Waals surface area contributed by atoms with Crippen molar-refractivity contribution in [3.63, 3.8) is 0 Å². The molecular weight excluding hydrogens is 418 g/mol. The summed E-state index contributed by atoms with van der Waals surface area (Å²) in [7, 11) is -3.79. The number of hydrogen-bond donors (Lipinski definition) is 1. The number of rotatable bonds is 4. The smallest absolute Gasteiger partial charge is 0.307 e. The standard InChI is InChI=1S/C20H26ClNO6S/c1-11-6-14(21)4-5-18(11)29(26,27)15-7-16(17(8-15)20(24)25)19(23)22-9-12(2)28-13(3)10-22/h4-6,12-13,15-17H,7-10H2,1-3H3,(H,24,25)/t12-,13+,15-,16-,17-/m1/s1. The first-order valence-corrected chi connectivity index (χ1v) is 11.6. The monoisotopic (exact) mass is 443 g/mol. The van der Waals surface area contributed by atoms with E-state index in [0.717, 1.165) is 0 Å². The fraction of sp³-hybridized carbons (Fsp3) is 0.600. The van der Waals surface area contributed by atoms with Crippen molar-refractivity contribution in [3.05, 3.63) is 28.8 Å². The van der Waals surface area contributed by atoms with Crippen LogP contribution < -0.4 is 0 Å². The molecule has 0 unspecified atom stereocenters. The fourth-order valence-electron chi connectivity index (χ4n) is 4.49. The number of halogens is 1. The number of carbonyl (C=O) groups is 2. The second-order valence-electron chi connectivity index (χ2n) is 8.10. The minimum atomic E-state index is -3.79. The number of carbonyl (C=O) groups excluding carboxylic acids is 1. The Morgan fingerprint density at radius 1 is 1.14 bits per heavy atom. The molecule has 1 amide bonds. The SMILES string of the molecule is Cc1cc(Cl)ccc1S(=O)(=O)[C@H]1C[C@@H](C(=O)O)[C@H](C(=O)N2C[C@@H](C)O[C@@H](C)C2)C1. The molecule has 1 saturated carbocycles. The number of hydrogen-bond acceptors (Lipinski definition) is 5. The maximum Gasteiger partial charge on any atom is 0.307 e. The van der Waals surface area contributed by atoms with Gasteiger partial charge < -0.3 is 14.7 Å². The van der Waals surface area contributed by atoms with Crippen molar-refractivity contribution in [1.82, 2.24) is 4.90 Å². The van der Waals surface area contributed by atoms with Crippen molar-refractivity contribution >= 4 is 33.3 Å². The number of carboxylic acid groups (broad SMARTS) is 1. The lowest BCUT2D eigenvalue weighted by atomic mass is 9.94. The van der Waals surface area contributed by atoms with Crippen molar-refractivity contribution in [1.29, 1.82) is 0 Å². The number of benzene rings is 1. The van der Waals surface area contributed by atoms with E-state index in [2.05, 4.69) is 0 Å². The number of aliphatic carboxylic acids is 1. The molecule has 1 aliphatic carbocycles. The predicted molar refractivity (Wildman–Crippen MR) is 108 cm³/mol. The summed E-state index contributed by atoms with van der Waals surface area (Å²) in [6, 6.07) is 4.52. The Balaban J connectivity index is 1.87. The van der Waals surface area contributed by atoms with Gasteiger partial charge in [-0.2, -0.15) is 0 Å². The molecule has 1 aromatic rings. The summed E-state index contributed by atoms with van der Waals surface area (Å²) < 4.78 is 32.0. The minimum Gasteiger partial charge on any atom is -0.481 e. The van der Waals surface area contributed by atoms with Gasteiger partial charge in [0, 0.05) is 18.1 Å². The number of morpholine rings is 1. The van der Waals surface area contributed by atoms with Gasteiger partial charge >= 0.3 is 5.97 Å². The Bertz CT molecular complexity index is 908. The van der Waals surface area contributed by atoms with Gasteiger partial charge in [-0.25, -0.2) is 8.42 Å². The molecule has 0 bridgehead atoms. The Labute approximate surface area is 175 Å². The number of ether oxygens (including phenoxy) is 1. The van der Waals surface area contributed by atoms with Gasteiger partial charge in [-0.1, -0.05) is 11.6 Å². The maximum atomic E-state index is 13.2. The van der Waals surface area contributed by atoms with Gasteiger partial charge in [0.1, 0.15) is 0 Å². The van der Waals surface area contributed by atoms with Crippen LogP contribution in [0.25, 0.3) is 0 Å². The molecule has 1 saturated heterocycles. The molecule has 1 aliphatic heterocycles. The molecule has 1 N–H and O–H groups in total. The van der Waals surface area contributed by atoms with E-state index in [1.165, 1.54) is 12.1 Å². The average Bonchev–Trinajstić information content (AvgIpc) is 3.06. The number of carboxylic acids is 1. The minimum absolute atomic E-state index is 0.000316. The molecule has 3 rings (SSSR count). The van der Waals surface area contributed by atoms with Crippen LogP contribution in [0.15, 0.2) is 23.1 Å². The number of aryl methyl sites for hydroxylation is 1. The summed E-state index contributed by atoms with van der Waals surface area (Å²) in [5, 5.41) is 9.18. The van der Waals surface area contributed by atoms with Gasteiger partial charge in [-0.3, -0.25) is 9.59 Å². The van der Waals surface area contributed by atoms with Crippen LogP contribution in [0.4, 0.5) is 0 Å². The highest BCUT2D eigenvalue weighted by molar-refractivity contribution is 7.92. The third-order valence-electron chi connectivity index (χ3n) is 5.77. The zero-order valence-corrected chi connectivity index (χ0v) is 18.2. The molecule has 0 aromatic heterocycles. The van der Waals surface area contributed by atoms with Gasteiger partial charge in [0.15, 0.2) is 9.84 Å². The van der Waals surface area contributed by atoms with E-state index >= 15 is 0 Å². The van der Waals surface area contributed by atoms with Crippen LogP contribution in [-0.4, -0.2) is 60.8 Å². The van der Waals surface area contributed by atoms with E-state index in [0.29, 0.717) is 23.7 Å². The molecule has 160 valence electrons. The Morgan fingerprint density at radius 3 is 2.28 bits per heavy atom. The van der Waals surface area contributed by atoms with Crippen LogP contribution in [0.5, 0.6) is 0 Å². The van der Waals surface area contributed by atoms with Crippen molar-refractivity contribution in [3.8, 4) is 0 Å². The van der Waals surface area contributed by atoms with Crippen LogP contribution in [0.2, 0.25) is 5.02 Å². The second kappa shape index (κ2) is 8.24. The quantitative estimate of drug-likeness (QED) is 0.767. The van der Waals surface area contributed by atoms with Gasteiger partial charge in [0.2, 0.25) is 5.91 Å². The van der Waals surface area contributed by atoms with E-state index < -0.39 is 32.9 Å². The molecule has 5 atom stereocenters. The topological polar surface area (TPSA) is 101 Å². The van der Waals surface area contributed by atoms with E-state index in [4.69, 9.17) is 16.3 Å². The summed E-state index contributed by atoms with van der Waals surface area (Å²) in [6.45, 7) is 6.12. The molecule has 0 spiro atoms. The van der Waals surface area contributed by atoms with Crippen LogP contribution in [0, 0.1) is 18.8 Å². The lowest BCUT2D eigenvalue weighted by Gasteiger charge is -2.37. The van der Waals surface area contributed by atoms with Crippen LogP contribution >= 0.6 is 11.6 Å². The first-order valence-electron chi connectivity index (χ1n) is 9.67. The molecule has 9 heteroatoms. The third kappa shape index (κ3) is 4.44. The predicted octanol–water partition coefficient (Wildman–Crippen LogP) is 2.54. The average molecular weight is 444 g/mol. The molecule has 1 heterocycles. The van der Waals surface area contributed by atoms with Crippen LogP contribution in [-0.2, 0) is 24.2 Å². The van der Waals surface area contributed by atoms with Crippen molar-refractivity contribution in [2.24, 2.45) is 11.8 Å². The highest BCUT2D eigenvalue weighted by atomic mass is 35.5. The second-order valence-corrected chi connectivity index (χ2v) is 10.7. The molecule has 7 nitrogen and oxygen atoms in total. The maximum absolute atomic E-state index is 13.2. The van der Waals surface area contributed by atoms with Gasteiger partial charge in [0.05, 0.1) is 34.2 Å². The number of sulfone groups is 1. The summed E-state index contributed by atoms with van der Waals surface area (Å²) in [5.41, 5.74) is 0.509. The van der Waals surface area contributed by atoms with E-state index in [-0.39, 0.29) is 35.9 Å². The normalized spacial score (nSPS) is 30.3. The van der Waals surface area contributed by atoms with Gasteiger partial charge in [0.25, 0.3) is 0 Å². The summed E-state index contributed by atoms with van der Waals surface area (Å²) in [6.07, 6.45) is -0.376. The zero-order valence-electron chi connectivity index (χ0n) is 16.7. The zero-order chi connectivity index (χ0) is 21.5. The van der Waals surface area contributed by atoms with Gasteiger partial charge in [-0.05, 0) is 57.4 Å². The Kier molecular flexibility index (Phi) is 6.27. The fourth-order valence-corrected chi connectivity index (χ4v) is 6.77. The van der Waals surface area contributed by atoms with Crippen LogP contribution in [0.3, 0.4) is 0 Å². The molecular formula is C20H26ClNO6S.